The molecule has 0 bridgehead atoms. The van der Waals surface area contributed by atoms with Gasteiger partial charge in [0.1, 0.15) is 0 Å². The highest BCUT2D eigenvalue weighted by Crippen LogP contribution is 2.23. The first-order chi connectivity index (χ1) is 9.93. The van der Waals surface area contributed by atoms with E-state index >= 15 is 0 Å². The summed E-state index contributed by atoms with van der Waals surface area (Å²) in [5, 5.41) is 0. The molecule has 1 nitrogen and oxygen atoms in total. The molecule has 3 rings (SSSR count). The zero-order valence-corrected chi connectivity index (χ0v) is 11.8. The SMILES string of the molecule is C(CN1CCCC1)=C(c1ccccc1)c1ccccc1. The lowest BCUT2D eigenvalue weighted by Gasteiger charge is -2.14. The first-order valence-electron chi connectivity index (χ1n) is 7.47. The number of benzene rings is 2. The average molecular weight is 263 g/mol. The first-order valence-corrected chi connectivity index (χ1v) is 7.47. The lowest BCUT2D eigenvalue weighted by molar-refractivity contribution is 0.377. The second kappa shape index (κ2) is 6.53. The standard InChI is InChI=1S/C19H21N/c1-3-9-17(10-4-1)19(18-11-5-2-6-12-18)13-16-20-14-7-8-15-20/h1-6,9-13H,7-8,14-16H2. The molecule has 1 aliphatic heterocycles. The fourth-order valence-corrected chi connectivity index (χ4v) is 2.82. The summed E-state index contributed by atoms with van der Waals surface area (Å²) in [6.07, 6.45) is 5.08. The maximum Gasteiger partial charge on any atom is 0.0172 e. The molecule has 0 saturated carbocycles. The van der Waals surface area contributed by atoms with E-state index in [4.69, 9.17) is 0 Å². The first kappa shape index (κ1) is 13.1. The van der Waals surface area contributed by atoms with Crippen molar-refractivity contribution in [1.29, 1.82) is 0 Å². The number of hydrogen-bond acceptors (Lipinski definition) is 1. The van der Waals surface area contributed by atoms with Crippen molar-refractivity contribution in [3.8, 4) is 0 Å². The van der Waals surface area contributed by atoms with Crippen LogP contribution in [0.5, 0.6) is 0 Å². The van der Waals surface area contributed by atoms with Gasteiger partial charge in [-0.2, -0.15) is 0 Å². The zero-order valence-electron chi connectivity index (χ0n) is 11.8. The Kier molecular flexibility index (Phi) is 4.29. The summed E-state index contributed by atoms with van der Waals surface area (Å²) < 4.78 is 0. The van der Waals surface area contributed by atoms with Gasteiger partial charge in [-0.15, -0.1) is 0 Å². The summed E-state index contributed by atoms with van der Waals surface area (Å²) in [5.74, 6) is 0. The van der Waals surface area contributed by atoms with E-state index in [1.54, 1.807) is 0 Å². The van der Waals surface area contributed by atoms with Gasteiger partial charge in [0.2, 0.25) is 0 Å². The lowest BCUT2D eigenvalue weighted by Crippen LogP contribution is -2.19. The highest BCUT2D eigenvalue weighted by molar-refractivity contribution is 5.79. The maximum absolute atomic E-state index is 2.53. The summed E-state index contributed by atoms with van der Waals surface area (Å²) >= 11 is 0. The van der Waals surface area contributed by atoms with Crippen LogP contribution >= 0.6 is 0 Å². The molecule has 0 N–H and O–H groups in total. The molecular formula is C19H21N. The Morgan fingerprint density at radius 1 is 0.800 bits per heavy atom. The largest absolute Gasteiger partial charge is 0.300 e. The molecule has 0 aromatic heterocycles. The molecule has 20 heavy (non-hydrogen) atoms. The van der Waals surface area contributed by atoms with Crippen LogP contribution < -0.4 is 0 Å². The van der Waals surface area contributed by atoms with Gasteiger partial charge >= 0.3 is 0 Å². The second-order valence-electron chi connectivity index (χ2n) is 5.36. The van der Waals surface area contributed by atoms with E-state index in [9.17, 15) is 0 Å². The number of rotatable bonds is 4. The molecule has 102 valence electrons. The van der Waals surface area contributed by atoms with Crippen LogP contribution in [0, 0.1) is 0 Å². The Labute approximate surface area is 121 Å². The normalized spacial score (nSPS) is 15.2. The minimum Gasteiger partial charge on any atom is -0.300 e. The highest BCUT2D eigenvalue weighted by Gasteiger charge is 2.11. The van der Waals surface area contributed by atoms with Gasteiger partial charge in [-0.25, -0.2) is 0 Å². The monoisotopic (exact) mass is 263 g/mol. The van der Waals surface area contributed by atoms with Crippen LogP contribution in [-0.2, 0) is 0 Å². The van der Waals surface area contributed by atoms with Crippen LogP contribution in [0.2, 0.25) is 0 Å². The molecule has 2 aromatic rings. The van der Waals surface area contributed by atoms with E-state index in [1.807, 2.05) is 0 Å². The van der Waals surface area contributed by atoms with Gasteiger partial charge < -0.3 is 0 Å². The summed E-state index contributed by atoms with van der Waals surface area (Å²) in [4.78, 5) is 2.53. The molecule has 0 atom stereocenters. The van der Waals surface area contributed by atoms with Crippen LogP contribution in [-0.4, -0.2) is 24.5 Å². The summed E-state index contributed by atoms with van der Waals surface area (Å²) in [6, 6.07) is 21.4. The van der Waals surface area contributed by atoms with Crippen molar-refractivity contribution >= 4 is 5.57 Å². The summed E-state index contributed by atoms with van der Waals surface area (Å²) in [5.41, 5.74) is 3.95. The predicted molar refractivity (Wildman–Crippen MR) is 85.6 cm³/mol. The van der Waals surface area contributed by atoms with Crippen molar-refractivity contribution in [1.82, 2.24) is 4.90 Å². The van der Waals surface area contributed by atoms with E-state index < -0.39 is 0 Å². The molecular weight excluding hydrogens is 242 g/mol. The number of hydrogen-bond donors (Lipinski definition) is 0. The number of likely N-dealkylation sites (tertiary alicyclic amines) is 1. The van der Waals surface area contributed by atoms with Crippen molar-refractivity contribution in [2.24, 2.45) is 0 Å². The summed E-state index contributed by atoms with van der Waals surface area (Å²) in [7, 11) is 0. The minimum absolute atomic E-state index is 1.05. The highest BCUT2D eigenvalue weighted by atomic mass is 15.1. The van der Waals surface area contributed by atoms with Crippen molar-refractivity contribution in [2.45, 2.75) is 12.8 Å². The van der Waals surface area contributed by atoms with Gasteiger partial charge in [0.25, 0.3) is 0 Å². The molecule has 1 heterocycles. The molecule has 0 unspecified atom stereocenters. The van der Waals surface area contributed by atoms with Crippen molar-refractivity contribution in [3.05, 3.63) is 77.9 Å². The van der Waals surface area contributed by atoms with Crippen LogP contribution in [0.25, 0.3) is 5.57 Å². The third-order valence-electron chi connectivity index (χ3n) is 3.92. The Morgan fingerprint density at radius 3 is 1.80 bits per heavy atom. The fraction of sp³-hybridized carbons (Fsp3) is 0.263. The molecule has 1 fully saturated rings. The Balaban J connectivity index is 1.89. The van der Waals surface area contributed by atoms with Crippen LogP contribution in [0.1, 0.15) is 24.0 Å². The Hall–Kier alpha value is -1.86. The van der Waals surface area contributed by atoms with Gasteiger partial charge in [0, 0.05) is 6.54 Å². The van der Waals surface area contributed by atoms with Crippen LogP contribution in [0.3, 0.4) is 0 Å². The van der Waals surface area contributed by atoms with Crippen molar-refractivity contribution < 1.29 is 0 Å². The van der Waals surface area contributed by atoms with Gasteiger partial charge in [-0.1, -0.05) is 66.7 Å². The fourth-order valence-electron chi connectivity index (χ4n) is 2.82. The van der Waals surface area contributed by atoms with Crippen LogP contribution in [0.4, 0.5) is 0 Å². The van der Waals surface area contributed by atoms with E-state index in [0.717, 1.165) is 6.54 Å². The van der Waals surface area contributed by atoms with Crippen LogP contribution in [0.15, 0.2) is 66.7 Å². The Morgan fingerprint density at radius 2 is 1.30 bits per heavy atom. The molecule has 0 spiro atoms. The second-order valence-corrected chi connectivity index (χ2v) is 5.36. The van der Waals surface area contributed by atoms with E-state index in [2.05, 4.69) is 71.6 Å². The third-order valence-corrected chi connectivity index (χ3v) is 3.92. The van der Waals surface area contributed by atoms with Gasteiger partial charge in [0.05, 0.1) is 0 Å². The lowest BCUT2D eigenvalue weighted by atomic mass is 9.97. The van der Waals surface area contributed by atoms with Gasteiger partial charge in [-0.05, 0) is 42.6 Å². The van der Waals surface area contributed by atoms with Gasteiger partial charge in [-0.3, -0.25) is 4.90 Å². The topological polar surface area (TPSA) is 3.24 Å². The van der Waals surface area contributed by atoms with Gasteiger partial charge in [0.15, 0.2) is 0 Å². The minimum atomic E-state index is 1.05. The molecule has 1 saturated heterocycles. The molecule has 0 aliphatic carbocycles. The molecule has 0 radical (unpaired) electrons. The van der Waals surface area contributed by atoms with Crippen molar-refractivity contribution in [2.75, 3.05) is 19.6 Å². The van der Waals surface area contributed by atoms with E-state index in [-0.39, 0.29) is 0 Å². The van der Waals surface area contributed by atoms with E-state index in [1.165, 1.54) is 42.6 Å². The molecule has 1 heteroatoms. The quantitative estimate of drug-likeness (QED) is 0.798. The number of nitrogens with zero attached hydrogens (tertiary/aromatic N) is 1. The maximum atomic E-state index is 2.53. The predicted octanol–water partition coefficient (Wildman–Crippen LogP) is 4.21. The zero-order chi connectivity index (χ0) is 13.6. The molecule has 1 aliphatic rings. The Bertz CT molecular complexity index is 509. The third kappa shape index (κ3) is 3.17. The smallest absolute Gasteiger partial charge is 0.0172 e. The average Bonchev–Trinajstić information content (AvgIpc) is 3.03. The molecule has 0 amide bonds. The molecule has 2 aromatic carbocycles. The summed E-state index contributed by atoms with van der Waals surface area (Å²) in [6.45, 7) is 3.54. The van der Waals surface area contributed by atoms with Crippen molar-refractivity contribution in [3.63, 3.8) is 0 Å². The van der Waals surface area contributed by atoms with E-state index in [0.29, 0.717) is 0 Å².